The van der Waals surface area contributed by atoms with E-state index in [9.17, 15) is 9.59 Å². The Balaban J connectivity index is 1.96. The molecule has 0 spiro atoms. The lowest BCUT2D eigenvalue weighted by atomic mass is 10.2. The highest BCUT2D eigenvalue weighted by molar-refractivity contribution is 6.03. The molecule has 0 saturated heterocycles. The fourth-order valence-corrected chi connectivity index (χ4v) is 1.84. The number of hydrogen-bond donors (Lipinski definition) is 3. The Morgan fingerprint density at radius 1 is 0.957 bits per heavy atom. The van der Waals surface area contributed by atoms with Crippen LogP contribution in [-0.4, -0.2) is 28.6 Å². The molecule has 1 aromatic heterocycles. The molecule has 1 aromatic carbocycles. The van der Waals surface area contributed by atoms with Crippen LogP contribution in [0.5, 0.6) is 0 Å². The number of nitrogens with one attached hydrogen (secondary N) is 3. The molecule has 3 N–H and O–H groups in total. The molecule has 7 nitrogen and oxygen atoms in total. The highest BCUT2D eigenvalue weighted by Gasteiger charge is 2.08. The standard InChI is InChI=1S/C16H19N5O2/c1-3-10-17-15-9-8-14(20-21-15)16(23)19-13-6-4-12(5-7-13)18-11(2)22/h4-9H,3,10H2,1-2H3,(H,17,21)(H,18,22)(H,19,23). The van der Waals surface area contributed by atoms with Gasteiger partial charge in [-0.3, -0.25) is 9.59 Å². The lowest BCUT2D eigenvalue weighted by molar-refractivity contribution is -0.114. The Labute approximate surface area is 134 Å². The summed E-state index contributed by atoms with van der Waals surface area (Å²) < 4.78 is 0. The lowest BCUT2D eigenvalue weighted by Crippen LogP contribution is -2.15. The third-order valence-electron chi connectivity index (χ3n) is 2.92. The average Bonchev–Trinajstić information content (AvgIpc) is 2.54. The molecule has 0 bridgehead atoms. The molecular formula is C16H19N5O2. The molecule has 2 aromatic rings. The minimum Gasteiger partial charge on any atom is -0.369 e. The summed E-state index contributed by atoms with van der Waals surface area (Å²) in [5.74, 6) is 0.156. The van der Waals surface area contributed by atoms with Gasteiger partial charge in [-0.15, -0.1) is 10.2 Å². The molecule has 0 aliphatic heterocycles. The second-order valence-corrected chi connectivity index (χ2v) is 4.94. The minimum absolute atomic E-state index is 0.145. The van der Waals surface area contributed by atoms with Crippen molar-refractivity contribution in [2.75, 3.05) is 22.5 Å². The first kappa shape index (κ1) is 16.4. The van der Waals surface area contributed by atoms with Crippen LogP contribution in [0, 0.1) is 0 Å². The molecule has 7 heteroatoms. The van der Waals surface area contributed by atoms with Crippen molar-refractivity contribution in [3.63, 3.8) is 0 Å². The van der Waals surface area contributed by atoms with Gasteiger partial charge in [0.2, 0.25) is 5.91 Å². The van der Waals surface area contributed by atoms with Crippen molar-refractivity contribution < 1.29 is 9.59 Å². The molecule has 0 aliphatic rings. The first-order chi connectivity index (χ1) is 11.1. The smallest absolute Gasteiger partial charge is 0.276 e. The van der Waals surface area contributed by atoms with E-state index in [2.05, 4.69) is 33.1 Å². The number of rotatable bonds is 6. The van der Waals surface area contributed by atoms with Crippen molar-refractivity contribution in [3.05, 3.63) is 42.1 Å². The van der Waals surface area contributed by atoms with Crippen molar-refractivity contribution in [3.8, 4) is 0 Å². The van der Waals surface area contributed by atoms with Gasteiger partial charge in [-0.05, 0) is 42.8 Å². The van der Waals surface area contributed by atoms with Crippen molar-refractivity contribution >= 4 is 29.0 Å². The van der Waals surface area contributed by atoms with Gasteiger partial charge in [0.25, 0.3) is 5.91 Å². The Morgan fingerprint density at radius 2 is 1.61 bits per heavy atom. The molecule has 120 valence electrons. The van der Waals surface area contributed by atoms with E-state index < -0.39 is 0 Å². The zero-order chi connectivity index (χ0) is 16.7. The van der Waals surface area contributed by atoms with E-state index >= 15 is 0 Å². The number of carbonyl (C=O) groups excluding carboxylic acids is 2. The second-order valence-electron chi connectivity index (χ2n) is 4.94. The Morgan fingerprint density at radius 3 is 2.13 bits per heavy atom. The number of anilines is 3. The SMILES string of the molecule is CCCNc1ccc(C(=O)Nc2ccc(NC(C)=O)cc2)nn1. The van der Waals surface area contributed by atoms with Gasteiger partial charge in [0.05, 0.1) is 0 Å². The fraction of sp³-hybridized carbons (Fsp3) is 0.250. The first-order valence-corrected chi connectivity index (χ1v) is 7.35. The third kappa shape index (κ3) is 5.06. The van der Waals surface area contributed by atoms with Crippen molar-refractivity contribution in [1.82, 2.24) is 10.2 Å². The van der Waals surface area contributed by atoms with E-state index in [0.29, 0.717) is 17.2 Å². The summed E-state index contributed by atoms with van der Waals surface area (Å²) in [6.07, 6.45) is 0.985. The summed E-state index contributed by atoms with van der Waals surface area (Å²) in [5.41, 5.74) is 1.51. The summed E-state index contributed by atoms with van der Waals surface area (Å²) in [6, 6.07) is 10.2. The van der Waals surface area contributed by atoms with Crippen molar-refractivity contribution in [1.29, 1.82) is 0 Å². The van der Waals surface area contributed by atoms with Gasteiger partial charge in [-0.25, -0.2) is 0 Å². The van der Waals surface area contributed by atoms with Gasteiger partial charge in [0.15, 0.2) is 5.69 Å². The summed E-state index contributed by atoms with van der Waals surface area (Å²) >= 11 is 0. The molecule has 0 fully saturated rings. The third-order valence-corrected chi connectivity index (χ3v) is 2.92. The van der Waals surface area contributed by atoms with E-state index in [4.69, 9.17) is 0 Å². The molecule has 0 aliphatic carbocycles. The normalized spacial score (nSPS) is 10.0. The highest BCUT2D eigenvalue weighted by Crippen LogP contribution is 2.14. The summed E-state index contributed by atoms with van der Waals surface area (Å²) in [7, 11) is 0. The van der Waals surface area contributed by atoms with Gasteiger partial charge in [-0.1, -0.05) is 6.92 Å². The van der Waals surface area contributed by atoms with Crippen LogP contribution in [0.2, 0.25) is 0 Å². The van der Waals surface area contributed by atoms with Gasteiger partial charge in [-0.2, -0.15) is 0 Å². The van der Waals surface area contributed by atoms with E-state index in [0.717, 1.165) is 13.0 Å². The quantitative estimate of drug-likeness (QED) is 0.761. The minimum atomic E-state index is -0.341. The Kier molecular flexibility index (Phi) is 5.62. The average molecular weight is 313 g/mol. The van der Waals surface area contributed by atoms with E-state index in [1.165, 1.54) is 6.92 Å². The molecule has 0 unspecified atom stereocenters. The number of nitrogens with zero attached hydrogens (tertiary/aromatic N) is 2. The van der Waals surface area contributed by atoms with E-state index in [1.807, 2.05) is 0 Å². The Hall–Kier alpha value is -2.96. The molecule has 2 amide bonds. The maximum absolute atomic E-state index is 12.1. The topological polar surface area (TPSA) is 96.0 Å². The molecule has 23 heavy (non-hydrogen) atoms. The van der Waals surface area contributed by atoms with Gasteiger partial charge in [0.1, 0.15) is 5.82 Å². The molecule has 0 saturated carbocycles. The van der Waals surface area contributed by atoms with Crippen molar-refractivity contribution in [2.24, 2.45) is 0 Å². The highest BCUT2D eigenvalue weighted by atomic mass is 16.2. The van der Waals surface area contributed by atoms with Gasteiger partial charge < -0.3 is 16.0 Å². The number of aromatic nitrogens is 2. The predicted molar refractivity (Wildman–Crippen MR) is 89.5 cm³/mol. The lowest BCUT2D eigenvalue weighted by Gasteiger charge is -2.07. The van der Waals surface area contributed by atoms with Crippen LogP contribution in [0.3, 0.4) is 0 Å². The van der Waals surface area contributed by atoms with Crippen LogP contribution >= 0.6 is 0 Å². The second kappa shape index (κ2) is 7.88. The molecule has 1 heterocycles. The monoisotopic (exact) mass is 313 g/mol. The number of amides is 2. The zero-order valence-corrected chi connectivity index (χ0v) is 13.1. The van der Waals surface area contributed by atoms with E-state index in [1.54, 1.807) is 36.4 Å². The summed E-state index contributed by atoms with van der Waals surface area (Å²) in [6.45, 7) is 4.30. The van der Waals surface area contributed by atoms with E-state index in [-0.39, 0.29) is 17.5 Å². The van der Waals surface area contributed by atoms with Crippen LogP contribution in [0.15, 0.2) is 36.4 Å². The molecule has 2 rings (SSSR count). The zero-order valence-electron chi connectivity index (χ0n) is 13.1. The maximum atomic E-state index is 12.1. The summed E-state index contributed by atoms with van der Waals surface area (Å²) in [5, 5.41) is 16.3. The number of carbonyl (C=O) groups is 2. The van der Waals surface area contributed by atoms with Crippen LogP contribution in [-0.2, 0) is 4.79 Å². The molecule has 0 atom stereocenters. The molecule has 0 radical (unpaired) electrons. The largest absolute Gasteiger partial charge is 0.369 e. The van der Waals surface area contributed by atoms with Crippen LogP contribution < -0.4 is 16.0 Å². The van der Waals surface area contributed by atoms with Crippen LogP contribution in [0.1, 0.15) is 30.8 Å². The summed E-state index contributed by atoms with van der Waals surface area (Å²) in [4.78, 5) is 23.1. The first-order valence-electron chi connectivity index (χ1n) is 7.35. The molecular weight excluding hydrogens is 294 g/mol. The predicted octanol–water partition coefficient (Wildman–Crippen LogP) is 2.51. The maximum Gasteiger partial charge on any atom is 0.276 e. The van der Waals surface area contributed by atoms with Crippen molar-refractivity contribution in [2.45, 2.75) is 20.3 Å². The van der Waals surface area contributed by atoms with Crippen LogP contribution in [0.4, 0.5) is 17.2 Å². The number of benzene rings is 1. The fourth-order valence-electron chi connectivity index (χ4n) is 1.84. The van der Waals surface area contributed by atoms with Crippen LogP contribution in [0.25, 0.3) is 0 Å². The van der Waals surface area contributed by atoms with Gasteiger partial charge in [0, 0.05) is 24.8 Å². The number of hydrogen-bond acceptors (Lipinski definition) is 5. The Bertz CT molecular complexity index is 668. The van der Waals surface area contributed by atoms with Gasteiger partial charge >= 0.3 is 0 Å².